The zero-order chi connectivity index (χ0) is 16.5. The number of benzene rings is 1. The first kappa shape index (κ1) is 17.9. The van der Waals surface area contributed by atoms with Crippen LogP contribution in [0.15, 0.2) is 12.1 Å². The predicted octanol–water partition coefficient (Wildman–Crippen LogP) is 2.31. The molecule has 2 amide bonds. The Balaban J connectivity index is 2.74. The molecule has 0 saturated heterocycles. The number of hydrogen-bond donors (Lipinski definition) is 1. The second kappa shape index (κ2) is 9.02. The summed E-state index contributed by atoms with van der Waals surface area (Å²) in [5.41, 5.74) is 0.958. The summed E-state index contributed by atoms with van der Waals surface area (Å²) in [6.07, 6.45) is 0.649. The van der Waals surface area contributed by atoms with E-state index >= 15 is 0 Å². The number of nitrogens with one attached hydrogen (secondary N) is 1. The third kappa shape index (κ3) is 4.44. The topological polar surface area (TPSA) is 60.0 Å². The highest BCUT2D eigenvalue weighted by Gasteiger charge is 2.13. The molecule has 0 unspecified atom stereocenters. The number of nitrogens with zero attached hydrogens (tertiary/aromatic N) is 1. The lowest BCUT2D eigenvalue weighted by atomic mass is 10.1. The summed E-state index contributed by atoms with van der Waals surface area (Å²) < 4.78 is 15.9. The number of rotatable bonds is 8. The Bertz CT molecular complexity index is 487. The van der Waals surface area contributed by atoms with E-state index in [9.17, 15) is 4.79 Å². The average molecular weight is 310 g/mol. The number of carbonyl (C=O) groups is 1. The van der Waals surface area contributed by atoms with E-state index in [0.29, 0.717) is 37.6 Å². The van der Waals surface area contributed by atoms with Gasteiger partial charge in [0.25, 0.3) is 0 Å². The number of hydrogen-bond acceptors (Lipinski definition) is 4. The minimum absolute atomic E-state index is 0.0514. The first-order valence-electron chi connectivity index (χ1n) is 7.42. The van der Waals surface area contributed by atoms with E-state index in [1.165, 1.54) is 0 Å². The monoisotopic (exact) mass is 310 g/mol. The Morgan fingerprint density at radius 1 is 1.00 bits per heavy atom. The SMILES string of the molecule is CCN(CC)C(=O)NCCc1cc(OC)c(OC)cc1OC. The highest BCUT2D eigenvalue weighted by atomic mass is 16.5. The summed E-state index contributed by atoms with van der Waals surface area (Å²) >= 11 is 0. The molecular weight excluding hydrogens is 284 g/mol. The zero-order valence-corrected chi connectivity index (χ0v) is 14.1. The van der Waals surface area contributed by atoms with E-state index in [4.69, 9.17) is 14.2 Å². The van der Waals surface area contributed by atoms with Crippen molar-refractivity contribution in [3.8, 4) is 17.2 Å². The molecule has 0 bridgehead atoms. The lowest BCUT2D eigenvalue weighted by Gasteiger charge is -2.19. The van der Waals surface area contributed by atoms with Crippen LogP contribution in [-0.4, -0.2) is 51.9 Å². The van der Waals surface area contributed by atoms with Crippen molar-refractivity contribution in [2.24, 2.45) is 0 Å². The van der Waals surface area contributed by atoms with Gasteiger partial charge in [0, 0.05) is 25.7 Å². The van der Waals surface area contributed by atoms with Gasteiger partial charge in [-0.05, 0) is 31.9 Å². The van der Waals surface area contributed by atoms with E-state index in [1.54, 1.807) is 32.3 Å². The summed E-state index contributed by atoms with van der Waals surface area (Å²) in [6, 6.07) is 3.62. The summed E-state index contributed by atoms with van der Waals surface area (Å²) in [5, 5.41) is 2.91. The molecule has 0 fully saturated rings. The van der Waals surface area contributed by atoms with Gasteiger partial charge in [-0.15, -0.1) is 0 Å². The van der Waals surface area contributed by atoms with Gasteiger partial charge in [-0.2, -0.15) is 0 Å². The van der Waals surface area contributed by atoms with E-state index in [1.807, 2.05) is 19.9 Å². The van der Waals surface area contributed by atoms with Gasteiger partial charge in [0.05, 0.1) is 21.3 Å². The molecule has 0 aromatic heterocycles. The molecule has 1 aromatic carbocycles. The van der Waals surface area contributed by atoms with Gasteiger partial charge in [0.1, 0.15) is 5.75 Å². The Labute approximate surface area is 132 Å². The summed E-state index contributed by atoms with van der Waals surface area (Å²) in [5.74, 6) is 1.98. The molecule has 0 spiro atoms. The van der Waals surface area contributed by atoms with Crippen molar-refractivity contribution >= 4 is 6.03 Å². The molecule has 124 valence electrons. The lowest BCUT2D eigenvalue weighted by Crippen LogP contribution is -2.40. The van der Waals surface area contributed by atoms with Crippen molar-refractivity contribution in [3.05, 3.63) is 17.7 Å². The average Bonchev–Trinajstić information content (AvgIpc) is 2.55. The maximum atomic E-state index is 11.9. The quantitative estimate of drug-likeness (QED) is 0.800. The molecule has 0 aliphatic rings. The molecule has 0 aliphatic carbocycles. The molecule has 1 N–H and O–H groups in total. The van der Waals surface area contributed by atoms with Crippen LogP contribution in [0.1, 0.15) is 19.4 Å². The maximum Gasteiger partial charge on any atom is 0.317 e. The number of urea groups is 1. The predicted molar refractivity (Wildman–Crippen MR) is 86.1 cm³/mol. The highest BCUT2D eigenvalue weighted by molar-refractivity contribution is 5.74. The van der Waals surface area contributed by atoms with Crippen LogP contribution in [0.4, 0.5) is 4.79 Å². The van der Waals surface area contributed by atoms with Gasteiger partial charge in [0.15, 0.2) is 11.5 Å². The van der Waals surface area contributed by atoms with Crippen molar-refractivity contribution < 1.29 is 19.0 Å². The number of methoxy groups -OCH3 is 3. The molecule has 1 aromatic rings. The Kier molecular flexibility index (Phi) is 7.36. The Morgan fingerprint density at radius 3 is 2.05 bits per heavy atom. The van der Waals surface area contributed by atoms with Crippen LogP contribution in [-0.2, 0) is 6.42 Å². The fourth-order valence-electron chi connectivity index (χ4n) is 2.21. The number of ether oxygens (including phenoxy) is 3. The largest absolute Gasteiger partial charge is 0.496 e. The molecule has 22 heavy (non-hydrogen) atoms. The normalized spacial score (nSPS) is 10.0. The number of carbonyl (C=O) groups excluding carboxylic acids is 1. The highest BCUT2D eigenvalue weighted by Crippen LogP contribution is 2.34. The fraction of sp³-hybridized carbons (Fsp3) is 0.562. The van der Waals surface area contributed by atoms with Crippen molar-refractivity contribution in [1.82, 2.24) is 10.2 Å². The second-order valence-electron chi connectivity index (χ2n) is 4.67. The van der Waals surface area contributed by atoms with Gasteiger partial charge in [-0.25, -0.2) is 4.79 Å². The van der Waals surface area contributed by atoms with E-state index < -0.39 is 0 Å². The van der Waals surface area contributed by atoms with Crippen molar-refractivity contribution in [1.29, 1.82) is 0 Å². The van der Waals surface area contributed by atoms with Crippen molar-refractivity contribution in [3.63, 3.8) is 0 Å². The third-order valence-corrected chi connectivity index (χ3v) is 3.51. The van der Waals surface area contributed by atoms with Gasteiger partial charge in [-0.3, -0.25) is 0 Å². The first-order valence-corrected chi connectivity index (χ1v) is 7.42. The Hall–Kier alpha value is -2.11. The molecule has 6 heteroatoms. The number of amides is 2. The van der Waals surface area contributed by atoms with Crippen molar-refractivity contribution in [2.75, 3.05) is 41.0 Å². The van der Waals surface area contributed by atoms with Gasteiger partial charge >= 0.3 is 6.03 Å². The van der Waals surface area contributed by atoms with E-state index in [-0.39, 0.29) is 6.03 Å². The van der Waals surface area contributed by atoms with Gasteiger partial charge in [0.2, 0.25) is 0 Å². The van der Waals surface area contributed by atoms with E-state index in [2.05, 4.69) is 5.32 Å². The van der Waals surface area contributed by atoms with E-state index in [0.717, 1.165) is 11.3 Å². The fourth-order valence-corrected chi connectivity index (χ4v) is 2.21. The van der Waals surface area contributed by atoms with Crippen LogP contribution in [0.25, 0.3) is 0 Å². The van der Waals surface area contributed by atoms with Crippen LogP contribution < -0.4 is 19.5 Å². The minimum Gasteiger partial charge on any atom is -0.496 e. The molecule has 0 heterocycles. The molecule has 1 rings (SSSR count). The molecule has 0 aliphatic heterocycles. The Morgan fingerprint density at radius 2 is 1.55 bits per heavy atom. The molecule has 0 saturated carbocycles. The summed E-state index contributed by atoms with van der Waals surface area (Å²) in [7, 11) is 4.79. The lowest BCUT2D eigenvalue weighted by molar-refractivity contribution is 0.203. The molecular formula is C16H26N2O4. The second-order valence-corrected chi connectivity index (χ2v) is 4.67. The van der Waals surface area contributed by atoms with Crippen LogP contribution >= 0.6 is 0 Å². The standard InChI is InChI=1S/C16H26N2O4/c1-6-18(7-2)16(19)17-9-8-12-10-14(21-4)15(22-5)11-13(12)20-3/h10-11H,6-9H2,1-5H3,(H,17,19). The van der Waals surface area contributed by atoms with Crippen LogP contribution in [0.2, 0.25) is 0 Å². The van der Waals surface area contributed by atoms with Crippen LogP contribution in [0, 0.1) is 0 Å². The van der Waals surface area contributed by atoms with Gasteiger partial charge in [-0.1, -0.05) is 0 Å². The smallest absolute Gasteiger partial charge is 0.317 e. The maximum absolute atomic E-state index is 11.9. The minimum atomic E-state index is -0.0514. The van der Waals surface area contributed by atoms with Crippen LogP contribution in [0.5, 0.6) is 17.2 Å². The molecule has 0 radical (unpaired) electrons. The first-order chi connectivity index (χ1) is 10.6. The van der Waals surface area contributed by atoms with Crippen LogP contribution in [0.3, 0.4) is 0 Å². The zero-order valence-electron chi connectivity index (χ0n) is 14.1. The summed E-state index contributed by atoms with van der Waals surface area (Å²) in [6.45, 7) is 5.84. The van der Waals surface area contributed by atoms with Gasteiger partial charge < -0.3 is 24.4 Å². The third-order valence-electron chi connectivity index (χ3n) is 3.51. The summed E-state index contributed by atoms with van der Waals surface area (Å²) in [4.78, 5) is 13.7. The molecule has 0 atom stereocenters. The molecule has 6 nitrogen and oxygen atoms in total. The van der Waals surface area contributed by atoms with Crippen molar-refractivity contribution in [2.45, 2.75) is 20.3 Å².